The molecule has 1 heterocycles. The van der Waals surface area contributed by atoms with Crippen LogP contribution >= 0.6 is 11.6 Å². The van der Waals surface area contributed by atoms with Crippen molar-refractivity contribution in [1.29, 1.82) is 0 Å². The van der Waals surface area contributed by atoms with Crippen LogP contribution in [-0.2, 0) is 9.84 Å². The molecule has 1 aliphatic heterocycles. The first-order valence-electron chi connectivity index (χ1n) is 8.42. The Morgan fingerprint density at radius 3 is 2.58 bits per heavy atom. The standard InChI is InChI=1S/C19H21ClN2O3S/c1-26(24,25)18-5-3-2-4-17(18)19(23)21-12-14-10-11-22(13-14)16-8-6-15(20)7-9-16/h2-9,14H,10-13H2,1H3,(H,21,23). The van der Waals surface area contributed by atoms with Crippen molar-refractivity contribution in [3.63, 3.8) is 0 Å². The van der Waals surface area contributed by atoms with Gasteiger partial charge < -0.3 is 10.2 Å². The number of benzene rings is 2. The molecule has 26 heavy (non-hydrogen) atoms. The van der Waals surface area contributed by atoms with Crippen LogP contribution in [0.1, 0.15) is 16.8 Å². The lowest BCUT2D eigenvalue weighted by Gasteiger charge is -2.19. The summed E-state index contributed by atoms with van der Waals surface area (Å²) in [6.07, 6.45) is 2.08. The molecule has 1 fully saturated rings. The number of nitrogens with one attached hydrogen (secondary N) is 1. The van der Waals surface area contributed by atoms with Crippen molar-refractivity contribution in [3.8, 4) is 0 Å². The molecule has 2 aromatic carbocycles. The zero-order valence-electron chi connectivity index (χ0n) is 14.5. The van der Waals surface area contributed by atoms with Crippen LogP contribution < -0.4 is 10.2 Å². The third kappa shape index (κ3) is 4.37. The quantitative estimate of drug-likeness (QED) is 0.849. The highest BCUT2D eigenvalue weighted by molar-refractivity contribution is 7.90. The first-order valence-corrected chi connectivity index (χ1v) is 10.7. The lowest BCUT2D eigenvalue weighted by molar-refractivity contribution is 0.0945. The van der Waals surface area contributed by atoms with Crippen molar-refractivity contribution < 1.29 is 13.2 Å². The Morgan fingerprint density at radius 2 is 1.88 bits per heavy atom. The van der Waals surface area contributed by atoms with E-state index in [1.54, 1.807) is 18.2 Å². The highest BCUT2D eigenvalue weighted by Gasteiger charge is 2.24. The van der Waals surface area contributed by atoms with Gasteiger partial charge >= 0.3 is 0 Å². The van der Waals surface area contributed by atoms with Crippen molar-refractivity contribution in [3.05, 3.63) is 59.1 Å². The van der Waals surface area contributed by atoms with Gasteiger partial charge in [0, 0.05) is 36.6 Å². The number of rotatable bonds is 5. The summed E-state index contributed by atoms with van der Waals surface area (Å²) < 4.78 is 23.7. The summed E-state index contributed by atoms with van der Waals surface area (Å²) >= 11 is 5.93. The molecular weight excluding hydrogens is 372 g/mol. The maximum atomic E-state index is 12.5. The molecule has 0 bridgehead atoms. The number of amides is 1. The molecule has 1 aliphatic rings. The number of sulfone groups is 1. The Hall–Kier alpha value is -2.05. The van der Waals surface area contributed by atoms with Gasteiger partial charge in [0.2, 0.25) is 0 Å². The Morgan fingerprint density at radius 1 is 1.19 bits per heavy atom. The van der Waals surface area contributed by atoms with Crippen LogP contribution in [-0.4, -0.2) is 40.2 Å². The van der Waals surface area contributed by atoms with Crippen molar-refractivity contribution in [2.24, 2.45) is 5.92 Å². The smallest absolute Gasteiger partial charge is 0.252 e. The van der Waals surface area contributed by atoms with Crippen molar-refractivity contribution in [2.45, 2.75) is 11.3 Å². The maximum absolute atomic E-state index is 12.5. The Balaban J connectivity index is 1.60. The fourth-order valence-corrected chi connectivity index (χ4v) is 4.21. The summed E-state index contributed by atoms with van der Waals surface area (Å²) in [6, 6.07) is 14.0. The Bertz CT molecular complexity index is 897. The molecule has 0 aliphatic carbocycles. The number of carbonyl (C=O) groups excluding carboxylic acids is 1. The second kappa shape index (κ2) is 7.68. The Labute approximate surface area is 158 Å². The molecular formula is C19H21ClN2O3S. The first-order chi connectivity index (χ1) is 12.3. The van der Waals surface area contributed by atoms with Gasteiger partial charge in [0.25, 0.3) is 5.91 Å². The van der Waals surface area contributed by atoms with E-state index in [1.807, 2.05) is 24.3 Å². The fraction of sp³-hybridized carbons (Fsp3) is 0.316. The summed E-state index contributed by atoms with van der Waals surface area (Å²) in [4.78, 5) is 14.8. The van der Waals surface area contributed by atoms with E-state index in [0.717, 1.165) is 31.5 Å². The van der Waals surface area contributed by atoms with E-state index < -0.39 is 9.84 Å². The van der Waals surface area contributed by atoms with Gasteiger partial charge in [0.05, 0.1) is 10.5 Å². The average molecular weight is 393 g/mol. The summed E-state index contributed by atoms with van der Waals surface area (Å²) in [6.45, 7) is 2.28. The van der Waals surface area contributed by atoms with Crippen molar-refractivity contribution in [1.82, 2.24) is 5.32 Å². The summed E-state index contributed by atoms with van der Waals surface area (Å²) in [5, 5.41) is 3.59. The largest absolute Gasteiger partial charge is 0.371 e. The fourth-order valence-electron chi connectivity index (χ4n) is 3.20. The first kappa shape index (κ1) is 18.7. The third-order valence-corrected chi connectivity index (χ3v) is 5.97. The highest BCUT2D eigenvalue weighted by Crippen LogP contribution is 2.25. The van der Waals surface area contributed by atoms with E-state index in [-0.39, 0.29) is 16.4 Å². The molecule has 7 heteroatoms. The molecule has 5 nitrogen and oxygen atoms in total. The normalized spacial score (nSPS) is 17.3. The van der Waals surface area contributed by atoms with Gasteiger partial charge in [0.15, 0.2) is 9.84 Å². The van der Waals surface area contributed by atoms with E-state index in [9.17, 15) is 13.2 Å². The van der Waals surface area contributed by atoms with E-state index in [0.29, 0.717) is 17.5 Å². The minimum atomic E-state index is -3.44. The molecule has 1 atom stereocenters. The van der Waals surface area contributed by atoms with Crippen LogP contribution in [0.15, 0.2) is 53.4 Å². The molecule has 1 N–H and O–H groups in total. The average Bonchev–Trinajstić information content (AvgIpc) is 3.08. The number of halogens is 1. The van der Waals surface area contributed by atoms with Gasteiger partial charge in [-0.2, -0.15) is 0 Å². The molecule has 1 saturated heterocycles. The predicted molar refractivity (Wildman–Crippen MR) is 104 cm³/mol. The van der Waals surface area contributed by atoms with Gasteiger partial charge in [0.1, 0.15) is 0 Å². The maximum Gasteiger partial charge on any atom is 0.252 e. The van der Waals surface area contributed by atoms with Crippen LogP contribution in [0, 0.1) is 5.92 Å². The number of hydrogen-bond acceptors (Lipinski definition) is 4. The molecule has 0 spiro atoms. The van der Waals surface area contributed by atoms with Gasteiger partial charge in [-0.25, -0.2) is 8.42 Å². The Kier molecular flexibility index (Phi) is 5.53. The monoisotopic (exact) mass is 392 g/mol. The second-order valence-electron chi connectivity index (χ2n) is 6.56. The van der Waals surface area contributed by atoms with E-state index in [4.69, 9.17) is 11.6 Å². The molecule has 3 rings (SSSR count). The predicted octanol–water partition coefficient (Wildman–Crippen LogP) is 3.00. The van der Waals surface area contributed by atoms with E-state index in [1.165, 1.54) is 6.07 Å². The topological polar surface area (TPSA) is 66.5 Å². The van der Waals surface area contributed by atoms with E-state index in [2.05, 4.69) is 10.2 Å². The number of hydrogen-bond donors (Lipinski definition) is 1. The van der Waals surface area contributed by atoms with Crippen LogP contribution in [0.5, 0.6) is 0 Å². The van der Waals surface area contributed by atoms with Gasteiger partial charge in [-0.15, -0.1) is 0 Å². The lowest BCUT2D eigenvalue weighted by atomic mass is 10.1. The molecule has 0 aromatic heterocycles. The third-order valence-electron chi connectivity index (χ3n) is 4.56. The van der Waals surface area contributed by atoms with Gasteiger partial charge in [-0.3, -0.25) is 4.79 Å². The number of anilines is 1. The number of carbonyl (C=O) groups is 1. The minimum Gasteiger partial charge on any atom is -0.371 e. The van der Waals surface area contributed by atoms with Gasteiger partial charge in [-0.05, 0) is 48.7 Å². The van der Waals surface area contributed by atoms with Crippen molar-refractivity contribution in [2.75, 3.05) is 30.8 Å². The zero-order chi connectivity index (χ0) is 18.7. The van der Waals surface area contributed by atoms with Crippen LogP contribution in [0.25, 0.3) is 0 Å². The SMILES string of the molecule is CS(=O)(=O)c1ccccc1C(=O)NCC1CCN(c2ccc(Cl)cc2)C1. The zero-order valence-corrected chi connectivity index (χ0v) is 16.1. The summed E-state index contributed by atoms with van der Waals surface area (Å²) in [5.41, 5.74) is 1.31. The second-order valence-corrected chi connectivity index (χ2v) is 8.98. The molecule has 0 saturated carbocycles. The molecule has 138 valence electrons. The van der Waals surface area contributed by atoms with Gasteiger partial charge in [-0.1, -0.05) is 23.7 Å². The minimum absolute atomic E-state index is 0.0618. The van der Waals surface area contributed by atoms with Crippen LogP contribution in [0.4, 0.5) is 5.69 Å². The highest BCUT2D eigenvalue weighted by atomic mass is 35.5. The molecule has 1 amide bonds. The lowest BCUT2D eigenvalue weighted by Crippen LogP contribution is -2.31. The van der Waals surface area contributed by atoms with Crippen molar-refractivity contribution >= 4 is 33.0 Å². The summed E-state index contributed by atoms with van der Waals surface area (Å²) in [5.74, 6) is -0.0315. The van der Waals surface area contributed by atoms with Crippen LogP contribution in [0.2, 0.25) is 5.02 Å². The van der Waals surface area contributed by atoms with Crippen LogP contribution in [0.3, 0.4) is 0 Å². The summed E-state index contributed by atoms with van der Waals surface area (Å²) in [7, 11) is -3.44. The van der Waals surface area contributed by atoms with E-state index >= 15 is 0 Å². The number of nitrogens with zero attached hydrogens (tertiary/aromatic N) is 1. The molecule has 0 radical (unpaired) electrons. The molecule has 1 unspecified atom stereocenters. The molecule has 2 aromatic rings.